The fourth-order valence-electron chi connectivity index (χ4n) is 3.72. The third-order valence-electron chi connectivity index (χ3n) is 5.01. The van der Waals surface area contributed by atoms with Crippen molar-refractivity contribution >= 4 is 6.03 Å². The average Bonchev–Trinajstić information content (AvgIpc) is 2.83. The first-order chi connectivity index (χ1) is 11.1. The second kappa shape index (κ2) is 7.34. The summed E-state index contributed by atoms with van der Waals surface area (Å²) in [6.45, 7) is 3.67. The van der Waals surface area contributed by atoms with Crippen LogP contribution in [0.1, 0.15) is 49.9 Å². The molecule has 23 heavy (non-hydrogen) atoms. The first-order valence-electron chi connectivity index (χ1n) is 8.88. The zero-order valence-corrected chi connectivity index (χ0v) is 14.4. The van der Waals surface area contributed by atoms with E-state index in [9.17, 15) is 4.79 Å². The molecule has 1 N–H and O–H groups in total. The van der Waals surface area contributed by atoms with Gasteiger partial charge in [0.1, 0.15) is 0 Å². The molecule has 1 aromatic heterocycles. The molecule has 0 aromatic carbocycles. The van der Waals surface area contributed by atoms with Crippen molar-refractivity contribution in [3.05, 3.63) is 17.5 Å². The molecule has 2 heterocycles. The summed E-state index contributed by atoms with van der Waals surface area (Å²) in [4.78, 5) is 15.8. The van der Waals surface area contributed by atoms with E-state index in [1.54, 1.807) is 19.0 Å². The Bertz CT molecular complexity index is 533. The van der Waals surface area contributed by atoms with Crippen LogP contribution in [0, 0.1) is 0 Å². The predicted molar refractivity (Wildman–Crippen MR) is 90.0 cm³/mol. The summed E-state index contributed by atoms with van der Waals surface area (Å²) < 4.78 is 2.14. The Kier molecular flexibility index (Phi) is 5.20. The summed E-state index contributed by atoms with van der Waals surface area (Å²) >= 11 is 0. The Balaban J connectivity index is 1.63. The molecule has 128 valence electrons. The zero-order valence-electron chi connectivity index (χ0n) is 14.4. The maximum Gasteiger partial charge on any atom is 0.317 e. The summed E-state index contributed by atoms with van der Waals surface area (Å²) in [5, 5.41) is 7.57. The van der Waals surface area contributed by atoms with Gasteiger partial charge in [-0.05, 0) is 25.3 Å². The minimum atomic E-state index is -0.0722. The van der Waals surface area contributed by atoms with E-state index in [1.807, 2.05) is 0 Å². The number of amides is 2. The Morgan fingerprint density at radius 3 is 2.78 bits per heavy atom. The maximum absolute atomic E-state index is 11.6. The number of carbonyl (C=O) groups excluding carboxylic acids is 1. The molecule has 1 fully saturated rings. The van der Waals surface area contributed by atoms with Crippen LogP contribution in [0.25, 0.3) is 0 Å². The van der Waals surface area contributed by atoms with E-state index >= 15 is 0 Å². The zero-order chi connectivity index (χ0) is 16.2. The van der Waals surface area contributed by atoms with Gasteiger partial charge in [-0.15, -0.1) is 0 Å². The number of hydrogen-bond donors (Lipinski definition) is 1. The molecule has 0 radical (unpaired) electrons. The third kappa shape index (κ3) is 4.05. The standard InChI is InChI=1S/C17H29N5O/c1-20(2)17(23)18-12-14-11-16-13-21(9-6-10-22(16)19-14)15-7-4-3-5-8-15/h11,15H,3-10,12-13H2,1-2H3,(H,18,23). The highest BCUT2D eigenvalue weighted by atomic mass is 16.2. The topological polar surface area (TPSA) is 53.4 Å². The minimum absolute atomic E-state index is 0.0722. The van der Waals surface area contributed by atoms with E-state index in [1.165, 1.54) is 44.3 Å². The minimum Gasteiger partial charge on any atom is -0.332 e. The number of fused-ring (bicyclic) bond motifs is 1. The van der Waals surface area contributed by atoms with Crippen molar-refractivity contribution in [3.63, 3.8) is 0 Å². The molecule has 2 amide bonds. The lowest BCUT2D eigenvalue weighted by atomic mass is 9.94. The fourth-order valence-corrected chi connectivity index (χ4v) is 3.72. The number of rotatable bonds is 3. The van der Waals surface area contributed by atoms with Crippen molar-refractivity contribution in [2.24, 2.45) is 0 Å². The van der Waals surface area contributed by atoms with E-state index < -0.39 is 0 Å². The molecule has 6 heteroatoms. The van der Waals surface area contributed by atoms with E-state index in [0.29, 0.717) is 6.54 Å². The molecule has 1 aliphatic heterocycles. The summed E-state index contributed by atoms with van der Waals surface area (Å²) in [5.74, 6) is 0. The quantitative estimate of drug-likeness (QED) is 0.929. The molecule has 1 aliphatic carbocycles. The monoisotopic (exact) mass is 319 g/mol. The molecular formula is C17H29N5O. The van der Waals surface area contributed by atoms with Gasteiger partial charge in [-0.3, -0.25) is 9.58 Å². The van der Waals surface area contributed by atoms with Crippen molar-refractivity contribution in [3.8, 4) is 0 Å². The number of aromatic nitrogens is 2. The van der Waals surface area contributed by atoms with Crippen LogP contribution < -0.4 is 5.32 Å². The summed E-state index contributed by atoms with van der Waals surface area (Å²) in [6.07, 6.45) is 8.01. The molecule has 0 unspecified atom stereocenters. The Labute approximate surface area is 138 Å². The first-order valence-corrected chi connectivity index (χ1v) is 8.88. The van der Waals surface area contributed by atoms with E-state index in [2.05, 4.69) is 26.1 Å². The average molecular weight is 319 g/mol. The smallest absolute Gasteiger partial charge is 0.317 e. The lowest BCUT2D eigenvalue weighted by molar-refractivity contribution is 0.150. The SMILES string of the molecule is CN(C)C(=O)NCc1cc2n(n1)CCCN(C1CCCCC1)C2. The van der Waals surface area contributed by atoms with Crippen molar-refractivity contribution in [1.29, 1.82) is 0 Å². The van der Waals surface area contributed by atoms with Crippen LogP contribution in [0.4, 0.5) is 4.79 Å². The highest BCUT2D eigenvalue weighted by Gasteiger charge is 2.24. The number of nitrogens with zero attached hydrogens (tertiary/aromatic N) is 4. The molecule has 0 atom stereocenters. The number of aryl methyl sites for hydroxylation is 1. The molecule has 0 bridgehead atoms. The maximum atomic E-state index is 11.6. The van der Waals surface area contributed by atoms with E-state index in [-0.39, 0.29) is 6.03 Å². The van der Waals surface area contributed by atoms with Gasteiger partial charge in [-0.2, -0.15) is 5.10 Å². The Morgan fingerprint density at radius 1 is 1.26 bits per heavy atom. The molecule has 2 aliphatic rings. The van der Waals surface area contributed by atoms with Gasteiger partial charge in [0, 0.05) is 39.8 Å². The highest BCUT2D eigenvalue weighted by Crippen LogP contribution is 2.25. The summed E-state index contributed by atoms with van der Waals surface area (Å²) in [5.41, 5.74) is 2.25. The van der Waals surface area contributed by atoms with Crippen LogP contribution >= 0.6 is 0 Å². The van der Waals surface area contributed by atoms with Gasteiger partial charge in [0.05, 0.1) is 17.9 Å². The first kappa shape index (κ1) is 16.3. The molecule has 1 aromatic rings. The summed E-state index contributed by atoms with van der Waals surface area (Å²) in [7, 11) is 3.50. The van der Waals surface area contributed by atoms with Crippen molar-refractivity contribution in [2.45, 2.75) is 64.2 Å². The van der Waals surface area contributed by atoms with Gasteiger partial charge in [0.15, 0.2) is 0 Å². The number of nitrogens with one attached hydrogen (secondary N) is 1. The van der Waals surface area contributed by atoms with Crippen molar-refractivity contribution < 1.29 is 4.79 Å². The fraction of sp³-hybridized carbons (Fsp3) is 0.765. The number of hydrogen-bond acceptors (Lipinski definition) is 3. The van der Waals surface area contributed by atoms with Gasteiger partial charge in [0.25, 0.3) is 0 Å². The van der Waals surface area contributed by atoms with Crippen molar-refractivity contribution in [2.75, 3.05) is 20.6 Å². The Morgan fingerprint density at radius 2 is 2.04 bits per heavy atom. The van der Waals surface area contributed by atoms with Gasteiger partial charge in [0.2, 0.25) is 0 Å². The van der Waals surface area contributed by atoms with Crippen LogP contribution in [0.3, 0.4) is 0 Å². The van der Waals surface area contributed by atoms with Crippen LogP contribution in [0.5, 0.6) is 0 Å². The van der Waals surface area contributed by atoms with Gasteiger partial charge < -0.3 is 10.2 Å². The number of carbonyl (C=O) groups is 1. The lowest BCUT2D eigenvalue weighted by Gasteiger charge is -2.33. The van der Waals surface area contributed by atoms with Crippen LogP contribution in [-0.4, -0.2) is 52.3 Å². The lowest BCUT2D eigenvalue weighted by Crippen LogP contribution is -2.36. The van der Waals surface area contributed by atoms with Crippen LogP contribution in [-0.2, 0) is 19.6 Å². The molecule has 1 saturated carbocycles. The normalized spacial score (nSPS) is 19.9. The van der Waals surface area contributed by atoms with E-state index in [4.69, 9.17) is 0 Å². The largest absolute Gasteiger partial charge is 0.332 e. The van der Waals surface area contributed by atoms with Crippen LogP contribution in [0.15, 0.2) is 6.07 Å². The third-order valence-corrected chi connectivity index (χ3v) is 5.01. The molecule has 0 spiro atoms. The Hall–Kier alpha value is -1.56. The predicted octanol–water partition coefficient (Wildman–Crippen LogP) is 2.19. The molecule has 3 rings (SSSR count). The second-order valence-electron chi connectivity index (χ2n) is 7.02. The van der Waals surface area contributed by atoms with E-state index in [0.717, 1.165) is 31.2 Å². The van der Waals surface area contributed by atoms with Crippen molar-refractivity contribution in [1.82, 2.24) is 24.9 Å². The van der Waals surface area contributed by atoms with Gasteiger partial charge in [-0.1, -0.05) is 19.3 Å². The second-order valence-corrected chi connectivity index (χ2v) is 7.02. The molecule has 6 nitrogen and oxygen atoms in total. The van der Waals surface area contributed by atoms with Gasteiger partial charge in [-0.25, -0.2) is 4.79 Å². The van der Waals surface area contributed by atoms with Crippen LogP contribution in [0.2, 0.25) is 0 Å². The number of urea groups is 1. The highest BCUT2D eigenvalue weighted by molar-refractivity contribution is 5.73. The molecular weight excluding hydrogens is 290 g/mol. The molecule has 0 saturated heterocycles. The van der Waals surface area contributed by atoms with Gasteiger partial charge >= 0.3 is 6.03 Å². The summed E-state index contributed by atoms with van der Waals surface area (Å²) in [6, 6.07) is 2.84.